The second-order valence-electron chi connectivity index (χ2n) is 4.46. The lowest BCUT2D eigenvalue weighted by atomic mass is 10.2. The number of benzene rings is 1. The molecule has 3 nitrogen and oxygen atoms in total. The highest BCUT2D eigenvalue weighted by molar-refractivity contribution is 7.91. The quantitative estimate of drug-likeness (QED) is 0.897. The molecule has 0 spiro atoms. The van der Waals surface area contributed by atoms with Crippen LogP contribution in [0.15, 0.2) is 24.3 Å². The van der Waals surface area contributed by atoms with E-state index in [1.54, 1.807) is 31.2 Å². The molecule has 0 saturated carbocycles. The van der Waals surface area contributed by atoms with E-state index in [9.17, 15) is 8.42 Å². The molecule has 0 heterocycles. The van der Waals surface area contributed by atoms with Gasteiger partial charge < -0.3 is 5.73 Å². The van der Waals surface area contributed by atoms with Crippen molar-refractivity contribution in [3.8, 4) is 0 Å². The van der Waals surface area contributed by atoms with Crippen molar-refractivity contribution in [1.82, 2.24) is 0 Å². The maximum Gasteiger partial charge on any atom is 0.157 e. The molecule has 0 amide bonds. The molecule has 5 heteroatoms. The predicted octanol–water partition coefficient (Wildman–Crippen LogP) is 2.38. The van der Waals surface area contributed by atoms with Gasteiger partial charge in [-0.15, -0.1) is 0 Å². The second kappa shape index (κ2) is 5.85. The molecule has 1 rings (SSSR count). The van der Waals surface area contributed by atoms with E-state index < -0.39 is 15.1 Å². The van der Waals surface area contributed by atoms with Crippen LogP contribution in [0.1, 0.15) is 25.8 Å². The molecule has 0 aliphatic rings. The Hall–Kier alpha value is -0.580. The molecule has 17 heavy (non-hydrogen) atoms. The zero-order chi connectivity index (χ0) is 13.1. The van der Waals surface area contributed by atoms with Crippen LogP contribution in [0, 0.1) is 0 Å². The summed E-state index contributed by atoms with van der Waals surface area (Å²) in [6, 6.07) is 6.76. The first-order valence-corrected chi connectivity index (χ1v) is 7.62. The summed E-state index contributed by atoms with van der Waals surface area (Å²) in [7, 11) is -3.14. The summed E-state index contributed by atoms with van der Waals surface area (Å²) >= 11 is 5.75. The zero-order valence-corrected chi connectivity index (χ0v) is 11.6. The molecule has 0 aliphatic carbocycles. The molecular formula is C12H18ClNO2S. The molecule has 0 bridgehead atoms. The molecule has 0 saturated heterocycles. The van der Waals surface area contributed by atoms with E-state index in [0.717, 1.165) is 5.56 Å². The third kappa shape index (κ3) is 4.66. The maximum absolute atomic E-state index is 12.0. The Morgan fingerprint density at radius 3 is 2.24 bits per heavy atom. The lowest BCUT2D eigenvalue weighted by molar-refractivity contribution is 0.562. The first kappa shape index (κ1) is 14.5. The highest BCUT2D eigenvalue weighted by atomic mass is 35.5. The van der Waals surface area contributed by atoms with Gasteiger partial charge in [-0.25, -0.2) is 8.42 Å². The van der Waals surface area contributed by atoms with Crippen LogP contribution >= 0.6 is 11.6 Å². The minimum absolute atomic E-state index is 0.0397. The Balaban J connectivity index is 2.76. The van der Waals surface area contributed by atoms with Crippen molar-refractivity contribution in [3.63, 3.8) is 0 Å². The number of hydrogen-bond acceptors (Lipinski definition) is 3. The Bertz CT molecular complexity index is 454. The van der Waals surface area contributed by atoms with Crippen LogP contribution in [-0.2, 0) is 15.6 Å². The highest BCUT2D eigenvalue weighted by Crippen LogP contribution is 2.16. The van der Waals surface area contributed by atoms with Crippen LogP contribution in [0.25, 0.3) is 0 Å². The summed E-state index contributed by atoms with van der Waals surface area (Å²) in [6.45, 7) is 3.52. The van der Waals surface area contributed by atoms with Crippen molar-refractivity contribution < 1.29 is 8.42 Å². The standard InChI is InChI=1S/C12H18ClNO2S/c1-9(14)7-10(2)17(15,16)8-11-3-5-12(13)6-4-11/h3-6,9-10H,7-8,14H2,1-2H3. The third-order valence-corrected chi connectivity index (χ3v) is 5.00. The van der Waals surface area contributed by atoms with Gasteiger partial charge in [0, 0.05) is 11.1 Å². The second-order valence-corrected chi connectivity index (χ2v) is 7.31. The molecule has 0 aliphatic heterocycles. The molecular weight excluding hydrogens is 258 g/mol. The van der Waals surface area contributed by atoms with E-state index in [4.69, 9.17) is 17.3 Å². The summed E-state index contributed by atoms with van der Waals surface area (Å²) in [5, 5.41) is 0.188. The maximum atomic E-state index is 12.0. The zero-order valence-electron chi connectivity index (χ0n) is 10.1. The lowest BCUT2D eigenvalue weighted by Gasteiger charge is -2.15. The average molecular weight is 276 g/mol. The van der Waals surface area contributed by atoms with Gasteiger partial charge in [-0.05, 0) is 38.0 Å². The van der Waals surface area contributed by atoms with E-state index >= 15 is 0 Å². The van der Waals surface area contributed by atoms with E-state index in [-0.39, 0.29) is 11.8 Å². The molecule has 2 atom stereocenters. The van der Waals surface area contributed by atoms with Gasteiger partial charge in [0.25, 0.3) is 0 Å². The van der Waals surface area contributed by atoms with Crippen molar-refractivity contribution in [3.05, 3.63) is 34.9 Å². The minimum atomic E-state index is -3.14. The fourth-order valence-electron chi connectivity index (χ4n) is 1.63. The van der Waals surface area contributed by atoms with Crippen LogP contribution < -0.4 is 5.73 Å². The number of rotatable bonds is 5. The third-order valence-electron chi connectivity index (χ3n) is 2.60. The lowest BCUT2D eigenvalue weighted by Crippen LogP contribution is -2.28. The van der Waals surface area contributed by atoms with Gasteiger partial charge in [-0.1, -0.05) is 23.7 Å². The Morgan fingerprint density at radius 1 is 1.24 bits per heavy atom. The summed E-state index contributed by atoms with van der Waals surface area (Å²) in [6.07, 6.45) is 0.482. The smallest absolute Gasteiger partial charge is 0.157 e. The normalized spacial score (nSPS) is 15.5. The molecule has 1 aromatic rings. The molecule has 2 N–H and O–H groups in total. The summed E-state index contributed by atoms with van der Waals surface area (Å²) < 4.78 is 24.1. The van der Waals surface area contributed by atoms with Gasteiger partial charge in [0.2, 0.25) is 0 Å². The van der Waals surface area contributed by atoms with Crippen LogP contribution in [0.4, 0.5) is 0 Å². The van der Waals surface area contributed by atoms with Gasteiger partial charge in [0.1, 0.15) is 0 Å². The van der Waals surface area contributed by atoms with Gasteiger partial charge >= 0.3 is 0 Å². The van der Waals surface area contributed by atoms with E-state index in [1.807, 2.05) is 6.92 Å². The minimum Gasteiger partial charge on any atom is -0.328 e. The van der Waals surface area contributed by atoms with Gasteiger partial charge in [-0.2, -0.15) is 0 Å². The summed E-state index contributed by atoms with van der Waals surface area (Å²) in [5.41, 5.74) is 6.38. The topological polar surface area (TPSA) is 60.2 Å². The van der Waals surface area contributed by atoms with Crippen LogP contribution in [-0.4, -0.2) is 19.7 Å². The SMILES string of the molecule is CC(N)CC(C)S(=O)(=O)Cc1ccc(Cl)cc1. The predicted molar refractivity (Wildman–Crippen MR) is 71.8 cm³/mol. The summed E-state index contributed by atoms with van der Waals surface area (Å²) in [4.78, 5) is 0. The average Bonchev–Trinajstić information content (AvgIpc) is 2.20. The number of halogens is 1. The van der Waals surface area contributed by atoms with Crippen LogP contribution in [0.3, 0.4) is 0 Å². The Morgan fingerprint density at radius 2 is 1.76 bits per heavy atom. The molecule has 0 aromatic heterocycles. The first-order valence-electron chi connectivity index (χ1n) is 5.53. The molecule has 0 radical (unpaired) electrons. The number of sulfone groups is 1. The van der Waals surface area contributed by atoms with Crippen LogP contribution in [0.5, 0.6) is 0 Å². The summed E-state index contributed by atoms with van der Waals surface area (Å²) in [5.74, 6) is 0.0397. The Labute approximate surface area is 108 Å². The molecule has 1 aromatic carbocycles. The molecule has 96 valence electrons. The number of hydrogen-bond donors (Lipinski definition) is 1. The van der Waals surface area contributed by atoms with Crippen molar-refractivity contribution in [2.45, 2.75) is 37.3 Å². The highest BCUT2D eigenvalue weighted by Gasteiger charge is 2.22. The molecule has 0 fully saturated rings. The Kier molecular flexibility index (Phi) is 4.98. The van der Waals surface area contributed by atoms with Crippen molar-refractivity contribution in [2.24, 2.45) is 5.73 Å². The van der Waals surface area contributed by atoms with Gasteiger partial charge in [-0.3, -0.25) is 0 Å². The first-order chi connectivity index (χ1) is 7.81. The van der Waals surface area contributed by atoms with Crippen molar-refractivity contribution in [1.29, 1.82) is 0 Å². The largest absolute Gasteiger partial charge is 0.328 e. The van der Waals surface area contributed by atoms with Gasteiger partial charge in [0.05, 0.1) is 11.0 Å². The monoisotopic (exact) mass is 275 g/mol. The fraction of sp³-hybridized carbons (Fsp3) is 0.500. The fourth-order valence-corrected chi connectivity index (χ4v) is 3.29. The van der Waals surface area contributed by atoms with E-state index in [0.29, 0.717) is 11.4 Å². The van der Waals surface area contributed by atoms with Crippen LogP contribution in [0.2, 0.25) is 5.02 Å². The van der Waals surface area contributed by atoms with Gasteiger partial charge in [0.15, 0.2) is 9.84 Å². The van der Waals surface area contributed by atoms with E-state index in [1.165, 1.54) is 0 Å². The van der Waals surface area contributed by atoms with Crippen molar-refractivity contribution in [2.75, 3.05) is 0 Å². The van der Waals surface area contributed by atoms with Crippen molar-refractivity contribution >= 4 is 21.4 Å². The van der Waals surface area contributed by atoms with E-state index in [2.05, 4.69) is 0 Å². The number of nitrogens with two attached hydrogens (primary N) is 1. The molecule has 2 unspecified atom stereocenters.